The fraction of sp³-hybridized carbons (Fsp3) is 0.562. The number of nitrogens with zero attached hydrogens (tertiary/aromatic N) is 2. The molecule has 0 bridgehead atoms. The Balaban J connectivity index is 1.56. The minimum Gasteiger partial charge on any atom is -0.462 e. The minimum atomic E-state index is -0.222. The Bertz CT molecular complexity index is 696. The molecule has 1 aliphatic rings. The maximum atomic E-state index is 11.9. The summed E-state index contributed by atoms with van der Waals surface area (Å²) in [7, 11) is 0. The summed E-state index contributed by atoms with van der Waals surface area (Å²) < 4.78 is 10.9. The molecule has 0 N–H and O–H groups in total. The molecule has 0 spiro atoms. The SMILES string of the molecule is Cc1sc2ncnc(SCC(=O)OCC3CCCCO3)c2c1C. The zero-order valence-corrected chi connectivity index (χ0v) is 15.0. The first-order chi connectivity index (χ1) is 11.1. The fourth-order valence-electron chi connectivity index (χ4n) is 2.55. The lowest BCUT2D eigenvalue weighted by atomic mass is 10.1. The quantitative estimate of drug-likeness (QED) is 0.466. The van der Waals surface area contributed by atoms with E-state index in [-0.39, 0.29) is 17.8 Å². The standard InChI is InChI=1S/C16H20N2O3S2/c1-10-11(2)23-16-14(10)15(17-9-18-16)22-8-13(19)21-7-12-5-3-4-6-20-12/h9,12H,3-8H2,1-2H3. The minimum absolute atomic E-state index is 0.0604. The number of rotatable bonds is 5. The van der Waals surface area contributed by atoms with Gasteiger partial charge in [-0.2, -0.15) is 0 Å². The number of hydrogen-bond donors (Lipinski definition) is 0. The lowest BCUT2D eigenvalue weighted by molar-refractivity contribution is -0.145. The number of aromatic nitrogens is 2. The molecule has 3 rings (SSSR count). The van der Waals surface area contributed by atoms with Crippen LogP contribution in [0.4, 0.5) is 0 Å². The van der Waals surface area contributed by atoms with Crippen molar-refractivity contribution in [3.8, 4) is 0 Å². The van der Waals surface area contributed by atoms with E-state index < -0.39 is 0 Å². The highest BCUT2D eigenvalue weighted by molar-refractivity contribution is 8.00. The molecular weight excluding hydrogens is 332 g/mol. The molecule has 0 aliphatic carbocycles. The Kier molecular flexibility index (Phi) is 5.50. The average Bonchev–Trinajstić information content (AvgIpc) is 2.87. The van der Waals surface area contributed by atoms with Crippen LogP contribution in [0.5, 0.6) is 0 Å². The first-order valence-electron chi connectivity index (χ1n) is 7.76. The molecule has 23 heavy (non-hydrogen) atoms. The van der Waals surface area contributed by atoms with E-state index in [0.717, 1.165) is 41.1 Å². The van der Waals surface area contributed by atoms with Crippen molar-refractivity contribution < 1.29 is 14.3 Å². The van der Waals surface area contributed by atoms with Gasteiger partial charge in [0, 0.05) is 16.9 Å². The Morgan fingerprint density at radius 2 is 2.30 bits per heavy atom. The molecule has 2 aromatic heterocycles. The van der Waals surface area contributed by atoms with Crippen LogP contribution in [0.25, 0.3) is 10.2 Å². The predicted molar refractivity (Wildman–Crippen MR) is 92.2 cm³/mol. The molecule has 124 valence electrons. The highest BCUT2D eigenvalue weighted by Crippen LogP contribution is 2.34. The van der Waals surface area contributed by atoms with E-state index in [1.54, 1.807) is 17.7 Å². The van der Waals surface area contributed by atoms with E-state index in [4.69, 9.17) is 9.47 Å². The molecule has 1 saturated heterocycles. The summed E-state index contributed by atoms with van der Waals surface area (Å²) in [6.45, 7) is 5.27. The van der Waals surface area contributed by atoms with E-state index in [2.05, 4.69) is 23.8 Å². The molecule has 0 saturated carbocycles. The highest BCUT2D eigenvalue weighted by Gasteiger charge is 2.17. The van der Waals surface area contributed by atoms with E-state index in [0.29, 0.717) is 6.61 Å². The van der Waals surface area contributed by atoms with Crippen molar-refractivity contribution in [2.75, 3.05) is 19.0 Å². The summed E-state index contributed by atoms with van der Waals surface area (Å²) in [6.07, 6.45) is 4.84. The maximum Gasteiger partial charge on any atom is 0.316 e. The van der Waals surface area contributed by atoms with Gasteiger partial charge in [0.2, 0.25) is 0 Å². The van der Waals surface area contributed by atoms with Gasteiger partial charge in [-0.15, -0.1) is 11.3 Å². The molecule has 1 aliphatic heterocycles. The van der Waals surface area contributed by atoms with Crippen LogP contribution < -0.4 is 0 Å². The number of ether oxygens (including phenoxy) is 2. The first-order valence-corrected chi connectivity index (χ1v) is 9.56. The van der Waals surface area contributed by atoms with Crippen molar-refractivity contribution in [1.82, 2.24) is 9.97 Å². The van der Waals surface area contributed by atoms with Crippen LogP contribution >= 0.6 is 23.1 Å². The number of thiophene rings is 1. The molecule has 2 aromatic rings. The molecule has 1 atom stereocenters. The lowest BCUT2D eigenvalue weighted by Gasteiger charge is -2.21. The van der Waals surface area contributed by atoms with E-state index in [1.807, 2.05) is 0 Å². The monoisotopic (exact) mass is 352 g/mol. The molecule has 7 heteroatoms. The second-order valence-corrected chi connectivity index (χ2v) is 7.77. The van der Waals surface area contributed by atoms with Gasteiger partial charge in [0.25, 0.3) is 0 Å². The van der Waals surface area contributed by atoms with Gasteiger partial charge in [-0.05, 0) is 38.7 Å². The Morgan fingerprint density at radius 3 is 3.09 bits per heavy atom. The third-order valence-electron chi connectivity index (χ3n) is 3.96. The predicted octanol–water partition coefficient (Wildman–Crippen LogP) is 3.51. The first kappa shape index (κ1) is 16.7. The van der Waals surface area contributed by atoms with Crippen LogP contribution in [0.1, 0.15) is 29.7 Å². The summed E-state index contributed by atoms with van der Waals surface area (Å²) in [6, 6.07) is 0. The molecule has 5 nitrogen and oxygen atoms in total. The van der Waals surface area contributed by atoms with Crippen molar-refractivity contribution >= 4 is 39.3 Å². The van der Waals surface area contributed by atoms with Gasteiger partial charge in [-0.3, -0.25) is 4.79 Å². The Labute approximate surface area is 143 Å². The molecular formula is C16H20N2O3S2. The molecule has 0 radical (unpaired) electrons. The van der Waals surface area contributed by atoms with Crippen molar-refractivity contribution in [1.29, 1.82) is 0 Å². The van der Waals surface area contributed by atoms with E-state index in [9.17, 15) is 4.79 Å². The smallest absolute Gasteiger partial charge is 0.316 e. The van der Waals surface area contributed by atoms with Crippen molar-refractivity contribution in [2.45, 2.75) is 44.2 Å². The van der Waals surface area contributed by atoms with Gasteiger partial charge in [0.1, 0.15) is 22.8 Å². The zero-order chi connectivity index (χ0) is 16.2. The van der Waals surface area contributed by atoms with Gasteiger partial charge >= 0.3 is 5.97 Å². The molecule has 0 amide bonds. The largest absolute Gasteiger partial charge is 0.462 e. The topological polar surface area (TPSA) is 61.3 Å². The van der Waals surface area contributed by atoms with Crippen LogP contribution in [-0.4, -0.2) is 41.0 Å². The third-order valence-corrected chi connectivity index (χ3v) is 6.04. The number of fused-ring (bicyclic) bond motifs is 1. The zero-order valence-electron chi connectivity index (χ0n) is 13.3. The van der Waals surface area contributed by atoms with Crippen molar-refractivity contribution in [2.24, 2.45) is 0 Å². The molecule has 3 heterocycles. The Hall–Kier alpha value is -1.18. The average molecular weight is 352 g/mol. The van der Waals surface area contributed by atoms with Crippen molar-refractivity contribution in [3.63, 3.8) is 0 Å². The van der Waals surface area contributed by atoms with Gasteiger partial charge in [0.05, 0.1) is 11.9 Å². The molecule has 1 unspecified atom stereocenters. The van der Waals surface area contributed by atoms with Gasteiger partial charge in [-0.1, -0.05) is 11.8 Å². The second-order valence-electron chi connectivity index (χ2n) is 5.60. The van der Waals surface area contributed by atoms with Crippen LogP contribution in [-0.2, 0) is 14.3 Å². The number of hydrogen-bond acceptors (Lipinski definition) is 7. The summed E-state index contributed by atoms with van der Waals surface area (Å²) in [5.74, 6) is 0.0354. The molecule has 0 aromatic carbocycles. The number of thioether (sulfide) groups is 1. The number of carbonyl (C=O) groups is 1. The van der Waals surface area contributed by atoms with Crippen LogP contribution in [0.3, 0.4) is 0 Å². The Morgan fingerprint density at radius 1 is 1.43 bits per heavy atom. The number of aryl methyl sites for hydroxylation is 2. The molecule has 1 fully saturated rings. The van der Waals surface area contributed by atoms with Crippen LogP contribution in [0.2, 0.25) is 0 Å². The van der Waals surface area contributed by atoms with Crippen LogP contribution in [0.15, 0.2) is 11.4 Å². The normalized spacial score (nSPS) is 18.3. The van der Waals surface area contributed by atoms with E-state index in [1.165, 1.54) is 22.2 Å². The maximum absolute atomic E-state index is 11.9. The van der Waals surface area contributed by atoms with Gasteiger partial charge in [-0.25, -0.2) is 9.97 Å². The number of esters is 1. The third kappa shape index (κ3) is 4.02. The van der Waals surface area contributed by atoms with Gasteiger partial charge in [0.15, 0.2) is 0 Å². The lowest BCUT2D eigenvalue weighted by Crippen LogP contribution is -2.26. The summed E-state index contributed by atoms with van der Waals surface area (Å²) in [5, 5.41) is 1.91. The fourth-order valence-corrected chi connectivity index (χ4v) is 4.47. The highest BCUT2D eigenvalue weighted by atomic mass is 32.2. The summed E-state index contributed by atoms with van der Waals surface area (Å²) in [5.41, 5.74) is 1.19. The van der Waals surface area contributed by atoms with Crippen molar-refractivity contribution in [3.05, 3.63) is 16.8 Å². The summed E-state index contributed by atoms with van der Waals surface area (Å²) in [4.78, 5) is 22.8. The van der Waals surface area contributed by atoms with E-state index >= 15 is 0 Å². The van der Waals surface area contributed by atoms with Crippen LogP contribution in [0, 0.1) is 13.8 Å². The number of carbonyl (C=O) groups excluding carboxylic acids is 1. The van der Waals surface area contributed by atoms with Gasteiger partial charge < -0.3 is 9.47 Å². The summed E-state index contributed by atoms with van der Waals surface area (Å²) >= 11 is 3.07. The second kappa shape index (κ2) is 7.59.